The molecule has 0 aliphatic carbocycles. The van der Waals surface area contributed by atoms with Gasteiger partial charge >= 0.3 is 5.97 Å². The summed E-state index contributed by atoms with van der Waals surface area (Å²) in [5.74, 6) is 0.200. The number of ether oxygens (including phenoxy) is 3. The van der Waals surface area contributed by atoms with Crippen LogP contribution in [0.15, 0.2) is 42.5 Å². The fraction of sp³-hybridized carbons (Fsp3) is 0.333. The van der Waals surface area contributed by atoms with Crippen LogP contribution in [0.5, 0.6) is 17.2 Å². The van der Waals surface area contributed by atoms with Gasteiger partial charge in [-0.1, -0.05) is 36.4 Å². The predicted octanol–water partition coefficient (Wildman–Crippen LogP) is 2.76. The Morgan fingerprint density at radius 3 is 2.18 bits per heavy atom. The van der Waals surface area contributed by atoms with Crippen LogP contribution in [-0.2, 0) is 22.6 Å². The Hall–Kier alpha value is -3.22. The van der Waals surface area contributed by atoms with E-state index in [1.54, 1.807) is 6.07 Å². The summed E-state index contributed by atoms with van der Waals surface area (Å²) in [4.78, 5) is 25.2. The molecule has 1 amide bonds. The summed E-state index contributed by atoms with van der Waals surface area (Å²) in [7, 11) is 4.58. The fourth-order valence-corrected chi connectivity index (χ4v) is 2.96. The van der Waals surface area contributed by atoms with E-state index in [4.69, 9.17) is 19.3 Å². The van der Waals surface area contributed by atoms with Crippen molar-refractivity contribution >= 4 is 11.9 Å². The van der Waals surface area contributed by atoms with Crippen molar-refractivity contribution in [3.05, 3.63) is 53.6 Å². The minimum absolute atomic E-state index is 0.145. The zero-order valence-electron chi connectivity index (χ0n) is 16.3. The molecule has 0 saturated heterocycles. The minimum atomic E-state index is -1.05. The lowest BCUT2D eigenvalue weighted by atomic mass is 10.1. The molecule has 0 aromatic heterocycles. The fourth-order valence-electron chi connectivity index (χ4n) is 2.96. The summed E-state index contributed by atoms with van der Waals surface area (Å²) < 4.78 is 16.1. The van der Waals surface area contributed by atoms with Crippen LogP contribution >= 0.6 is 0 Å². The SMILES string of the molecule is COc1ccc(CCC(=O)N(CC(=O)O)Cc2ccccc2)c(OC)c1OC. The van der Waals surface area contributed by atoms with Gasteiger partial charge in [0.25, 0.3) is 0 Å². The summed E-state index contributed by atoms with van der Waals surface area (Å²) in [5.41, 5.74) is 1.66. The molecule has 2 aromatic rings. The molecule has 0 aliphatic rings. The smallest absolute Gasteiger partial charge is 0.323 e. The molecule has 0 aliphatic heterocycles. The van der Waals surface area contributed by atoms with Gasteiger partial charge in [-0.15, -0.1) is 0 Å². The Morgan fingerprint density at radius 2 is 1.61 bits per heavy atom. The number of carbonyl (C=O) groups is 2. The second-order valence-electron chi connectivity index (χ2n) is 6.12. The third-order valence-electron chi connectivity index (χ3n) is 4.29. The van der Waals surface area contributed by atoms with Crippen molar-refractivity contribution in [2.45, 2.75) is 19.4 Å². The molecule has 7 nitrogen and oxygen atoms in total. The van der Waals surface area contributed by atoms with Gasteiger partial charge in [0.2, 0.25) is 11.7 Å². The maximum absolute atomic E-state index is 12.7. The van der Waals surface area contributed by atoms with Crippen LogP contribution < -0.4 is 14.2 Å². The monoisotopic (exact) mass is 387 g/mol. The van der Waals surface area contributed by atoms with E-state index in [1.807, 2.05) is 36.4 Å². The van der Waals surface area contributed by atoms with Gasteiger partial charge in [0.05, 0.1) is 21.3 Å². The van der Waals surface area contributed by atoms with E-state index in [0.29, 0.717) is 23.7 Å². The maximum Gasteiger partial charge on any atom is 0.323 e. The lowest BCUT2D eigenvalue weighted by Crippen LogP contribution is -2.35. The number of carboxylic acid groups (broad SMARTS) is 1. The van der Waals surface area contributed by atoms with Crippen molar-refractivity contribution in [1.82, 2.24) is 4.90 Å². The molecular weight excluding hydrogens is 362 g/mol. The van der Waals surface area contributed by atoms with Crippen LogP contribution in [0, 0.1) is 0 Å². The third kappa shape index (κ3) is 5.39. The highest BCUT2D eigenvalue weighted by atomic mass is 16.5. The van der Waals surface area contributed by atoms with Crippen molar-refractivity contribution in [2.75, 3.05) is 27.9 Å². The highest BCUT2D eigenvalue weighted by molar-refractivity contribution is 5.81. The van der Waals surface area contributed by atoms with Gasteiger partial charge in [-0.2, -0.15) is 0 Å². The van der Waals surface area contributed by atoms with Gasteiger partial charge in [-0.05, 0) is 23.6 Å². The molecule has 28 heavy (non-hydrogen) atoms. The van der Waals surface area contributed by atoms with E-state index in [-0.39, 0.29) is 25.4 Å². The minimum Gasteiger partial charge on any atom is -0.493 e. The van der Waals surface area contributed by atoms with E-state index in [9.17, 15) is 9.59 Å². The molecule has 0 radical (unpaired) electrons. The Bertz CT molecular complexity index is 806. The topological polar surface area (TPSA) is 85.3 Å². The van der Waals surface area contributed by atoms with Gasteiger partial charge in [0, 0.05) is 13.0 Å². The molecule has 7 heteroatoms. The predicted molar refractivity (Wildman–Crippen MR) is 104 cm³/mol. The van der Waals surface area contributed by atoms with Crippen LogP contribution in [0.25, 0.3) is 0 Å². The Balaban J connectivity index is 2.14. The van der Waals surface area contributed by atoms with Crippen molar-refractivity contribution in [1.29, 1.82) is 0 Å². The van der Waals surface area contributed by atoms with E-state index in [1.165, 1.54) is 26.2 Å². The van der Waals surface area contributed by atoms with Gasteiger partial charge < -0.3 is 24.2 Å². The highest BCUT2D eigenvalue weighted by Crippen LogP contribution is 2.40. The van der Waals surface area contributed by atoms with E-state index < -0.39 is 5.97 Å². The number of carbonyl (C=O) groups excluding carboxylic acids is 1. The number of methoxy groups -OCH3 is 3. The molecular formula is C21H25NO6. The van der Waals surface area contributed by atoms with Crippen molar-refractivity contribution in [3.8, 4) is 17.2 Å². The number of aryl methyl sites for hydroxylation is 1. The summed E-state index contributed by atoms with van der Waals surface area (Å²) in [6.45, 7) is -0.105. The molecule has 2 rings (SSSR count). The Labute approximate surface area is 164 Å². The van der Waals surface area contributed by atoms with Crippen molar-refractivity contribution in [3.63, 3.8) is 0 Å². The van der Waals surface area contributed by atoms with Crippen LogP contribution in [0.1, 0.15) is 17.5 Å². The van der Waals surface area contributed by atoms with Crippen LogP contribution in [-0.4, -0.2) is 49.8 Å². The van der Waals surface area contributed by atoms with Crippen molar-refractivity contribution in [2.24, 2.45) is 0 Å². The molecule has 0 heterocycles. The second kappa shape index (κ2) is 10.2. The lowest BCUT2D eigenvalue weighted by Gasteiger charge is -2.21. The highest BCUT2D eigenvalue weighted by Gasteiger charge is 2.20. The Kier molecular flexibility index (Phi) is 7.68. The molecule has 0 atom stereocenters. The largest absolute Gasteiger partial charge is 0.493 e. The zero-order valence-corrected chi connectivity index (χ0v) is 16.3. The number of benzene rings is 2. The first-order valence-corrected chi connectivity index (χ1v) is 8.81. The second-order valence-corrected chi connectivity index (χ2v) is 6.12. The summed E-state index contributed by atoms with van der Waals surface area (Å²) in [6.07, 6.45) is 0.527. The zero-order chi connectivity index (χ0) is 20.5. The molecule has 0 bridgehead atoms. The normalized spacial score (nSPS) is 10.2. The van der Waals surface area contributed by atoms with Gasteiger partial charge in [-0.3, -0.25) is 9.59 Å². The molecule has 0 unspecified atom stereocenters. The number of amides is 1. The molecule has 150 valence electrons. The quantitative estimate of drug-likeness (QED) is 0.675. The molecule has 1 N–H and O–H groups in total. The molecule has 2 aromatic carbocycles. The average molecular weight is 387 g/mol. The molecule has 0 saturated carbocycles. The van der Waals surface area contributed by atoms with Gasteiger partial charge in [-0.25, -0.2) is 0 Å². The first kappa shape index (κ1) is 21.1. The molecule has 0 fully saturated rings. The summed E-state index contributed by atoms with van der Waals surface area (Å²) >= 11 is 0. The number of rotatable bonds is 10. The lowest BCUT2D eigenvalue weighted by molar-refractivity contribution is -0.144. The van der Waals surface area contributed by atoms with E-state index >= 15 is 0 Å². The third-order valence-corrected chi connectivity index (χ3v) is 4.29. The van der Waals surface area contributed by atoms with Gasteiger partial charge in [0.1, 0.15) is 6.54 Å². The van der Waals surface area contributed by atoms with Crippen LogP contribution in [0.3, 0.4) is 0 Å². The van der Waals surface area contributed by atoms with Crippen LogP contribution in [0.4, 0.5) is 0 Å². The number of nitrogens with zero attached hydrogens (tertiary/aromatic N) is 1. The first-order chi connectivity index (χ1) is 13.5. The van der Waals surface area contributed by atoms with E-state index in [2.05, 4.69) is 0 Å². The first-order valence-electron chi connectivity index (χ1n) is 8.81. The average Bonchev–Trinajstić information content (AvgIpc) is 2.70. The van der Waals surface area contributed by atoms with Gasteiger partial charge in [0.15, 0.2) is 11.5 Å². The maximum atomic E-state index is 12.7. The van der Waals surface area contributed by atoms with Crippen molar-refractivity contribution < 1.29 is 28.9 Å². The summed E-state index contributed by atoms with van der Waals surface area (Å²) in [6, 6.07) is 12.9. The van der Waals surface area contributed by atoms with Crippen LogP contribution in [0.2, 0.25) is 0 Å². The molecule has 0 spiro atoms. The number of aliphatic carboxylic acids is 1. The number of hydrogen-bond acceptors (Lipinski definition) is 5. The van der Waals surface area contributed by atoms with E-state index in [0.717, 1.165) is 11.1 Å². The Morgan fingerprint density at radius 1 is 0.929 bits per heavy atom. The standard InChI is InChI=1S/C21H25NO6/c1-26-17-11-9-16(20(27-2)21(17)28-3)10-12-18(23)22(14-19(24)25)13-15-7-5-4-6-8-15/h4-9,11H,10,12-14H2,1-3H3,(H,24,25). The summed E-state index contributed by atoms with van der Waals surface area (Å²) in [5, 5.41) is 9.16. The number of carboxylic acids is 1. The number of hydrogen-bond donors (Lipinski definition) is 1.